The molecule has 1 aromatic heterocycles. The molecule has 0 amide bonds. The summed E-state index contributed by atoms with van der Waals surface area (Å²) < 4.78 is 26.5. The van der Waals surface area contributed by atoms with Gasteiger partial charge in [-0.15, -0.1) is 0 Å². The Labute approximate surface area is 110 Å². The number of thiazole rings is 1. The van der Waals surface area contributed by atoms with Gasteiger partial charge >= 0.3 is 4.87 Å². The molecule has 0 fully saturated rings. The van der Waals surface area contributed by atoms with Crippen molar-refractivity contribution in [3.8, 4) is 0 Å². The van der Waals surface area contributed by atoms with Crippen LogP contribution in [0.2, 0.25) is 0 Å². The maximum absolute atomic E-state index is 12.0. The van der Waals surface area contributed by atoms with Crippen LogP contribution in [0.1, 0.15) is 26.0 Å². The standard InChI is InChI=1S/C10H18N2O4S2/c1-7-8(17-9(14)12-7)18(15,16)11-6-10(2,3)4-5-13/h11,13H,4-6H2,1-3H3,(H,12,14). The normalized spacial score (nSPS) is 12.9. The number of aromatic amines is 1. The van der Waals surface area contributed by atoms with Crippen molar-refractivity contribution in [2.45, 2.75) is 31.4 Å². The van der Waals surface area contributed by atoms with Crippen LogP contribution >= 0.6 is 11.3 Å². The highest BCUT2D eigenvalue weighted by Gasteiger charge is 2.24. The molecule has 0 radical (unpaired) electrons. The fraction of sp³-hybridized carbons (Fsp3) is 0.700. The molecule has 3 N–H and O–H groups in total. The fourth-order valence-corrected chi connectivity index (χ4v) is 3.98. The van der Waals surface area contributed by atoms with Crippen molar-refractivity contribution in [1.82, 2.24) is 9.71 Å². The van der Waals surface area contributed by atoms with Crippen molar-refractivity contribution in [3.05, 3.63) is 15.4 Å². The molecule has 1 aromatic rings. The van der Waals surface area contributed by atoms with Gasteiger partial charge in [0.2, 0.25) is 0 Å². The molecular formula is C10H18N2O4S2. The summed E-state index contributed by atoms with van der Waals surface area (Å²) in [4.78, 5) is 13.2. The fourth-order valence-electron chi connectivity index (χ4n) is 1.39. The number of hydrogen-bond donors (Lipinski definition) is 3. The van der Waals surface area contributed by atoms with E-state index >= 15 is 0 Å². The molecule has 0 aromatic carbocycles. The number of nitrogens with one attached hydrogen (secondary N) is 2. The van der Waals surface area contributed by atoms with Gasteiger partial charge in [-0.2, -0.15) is 0 Å². The number of aliphatic hydroxyl groups is 1. The molecular weight excluding hydrogens is 276 g/mol. The monoisotopic (exact) mass is 294 g/mol. The van der Waals surface area contributed by atoms with Gasteiger partial charge in [0, 0.05) is 18.8 Å². The number of sulfonamides is 1. The lowest BCUT2D eigenvalue weighted by Gasteiger charge is -2.23. The lowest BCUT2D eigenvalue weighted by molar-refractivity contribution is 0.213. The molecule has 0 saturated carbocycles. The summed E-state index contributed by atoms with van der Waals surface area (Å²) in [5.74, 6) is 0. The lowest BCUT2D eigenvalue weighted by atomic mass is 9.90. The quantitative estimate of drug-likeness (QED) is 0.708. The summed E-state index contributed by atoms with van der Waals surface area (Å²) in [6.45, 7) is 5.48. The summed E-state index contributed by atoms with van der Waals surface area (Å²) in [6, 6.07) is 0. The van der Waals surface area contributed by atoms with Gasteiger partial charge in [0.05, 0.1) is 0 Å². The van der Waals surface area contributed by atoms with Crippen molar-refractivity contribution >= 4 is 21.4 Å². The Morgan fingerprint density at radius 3 is 2.50 bits per heavy atom. The molecule has 1 heterocycles. The highest BCUT2D eigenvalue weighted by Crippen LogP contribution is 2.21. The summed E-state index contributed by atoms with van der Waals surface area (Å²) in [7, 11) is -3.67. The van der Waals surface area contributed by atoms with E-state index in [0.29, 0.717) is 23.5 Å². The number of hydrogen-bond acceptors (Lipinski definition) is 5. The Morgan fingerprint density at radius 1 is 1.44 bits per heavy atom. The first-order valence-electron chi connectivity index (χ1n) is 5.48. The lowest BCUT2D eigenvalue weighted by Crippen LogP contribution is -2.34. The zero-order valence-corrected chi connectivity index (χ0v) is 12.2. The first-order valence-corrected chi connectivity index (χ1v) is 7.78. The van der Waals surface area contributed by atoms with Gasteiger partial charge in [-0.3, -0.25) is 4.79 Å². The van der Waals surface area contributed by atoms with E-state index in [0.717, 1.165) is 0 Å². The van der Waals surface area contributed by atoms with E-state index in [9.17, 15) is 13.2 Å². The molecule has 0 aliphatic heterocycles. The predicted octanol–water partition coefficient (Wildman–Crippen LogP) is 0.432. The molecule has 0 spiro atoms. The minimum atomic E-state index is -3.67. The van der Waals surface area contributed by atoms with Crippen LogP contribution < -0.4 is 9.60 Å². The minimum Gasteiger partial charge on any atom is -0.396 e. The maximum atomic E-state index is 12.0. The highest BCUT2D eigenvalue weighted by molar-refractivity contribution is 7.91. The Kier molecular flexibility index (Phi) is 4.71. The first kappa shape index (κ1) is 15.4. The van der Waals surface area contributed by atoms with E-state index in [1.807, 2.05) is 13.8 Å². The minimum absolute atomic E-state index is 0.00520. The van der Waals surface area contributed by atoms with E-state index in [2.05, 4.69) is 9.71 Å². The SMILES string of the molecule is Cc1[nH]c(=O)sc1S(=O)(=O)NCC(C)(C)CCO. The molecule has 8 heteroatoms. The second kappa shape index (κ2) is 5.52. The van der Waals surface area contributed by atoms with Crippen LogP contribution in [0.5, 0.6) is 0 Å². The van der Waals surface area contributed by atoms with Gasteiger partial charge in [-0.05, 0) is 18.8 Å². The third-order valence-corrected chi connectivity index (χ3v) is 5.56. The average Bonchev–Trinajstić information content (AvgIpc) is 2.56. The number of aliphatic hydroxyl groups excluding tert-OH is 1. The van der Waals surface area contributed by atoms with E-state index in [-0.39, 0.29) is 27.6 Å². The van der Waals surface area contributed by atoms with E-state index in [4.69, 9.17) is 5.11 Å². The van der Waals surface area contributed by atoms with Gasteiger partial charge in [-0.25, -0.2) is 13.1 Å². The summed E-state index contributed by atoms with van der Waals surface area (Å²) in [6.07, 6.45) is 0.498. The van der Waals surface area contributed by atoms with Gasteiger partial charge in [0.1, 0.15) is 0 Å². The largest absolute Gasteiger partial charge is 0.396 e. The van der Waals surface area contributed by atoms with Gasteiger partial charge in [0.15, 0.2) is 4.21 Å². The van der Waals surface area contributed by atoms with Crippen molar-refractivity contribution < 1.29 is 13.5 Å². The molecule has 0 unspecified atom stereocenters. The van der Waals surface area contributed by atoms with E-state index < -0.39 is 10.0 Å². The highest BCUT2D eigenvalue weighted by atomic mass is 32.2. The molecule has 0 bridgehead atoms. The average molecular weight is 294 g/mol. The van der Waals surface area contributed by atoms with Crippen molar-refractivity contribution in [2.24, 2.45) is 5.41 Å². The Hall–Kier alpha value is -0.700. The Morgan fingerprint density at radius 2 is 2.06 bits per heavy atom. The van der Waals surface area contributed by atoms with Crippen molar-refractivity contribution in [1.29, 1.82) is 0 Å². The van der Waals surface area contributed by atoms with Crippen molar-refractivity contribution in [2.75, 3.05) is 13.2 Å². The molecule has 104 valence electrons. The first-order chi connectivity index (χ1) is 8.18. The summed E-state index contributed by atoms with van der Waals surface area (Å²) in [5, 5.41) is 8.87. The molecule has 0 aliphatic carbocycles. The molecule has 0 atom stereocenters. The van der Waals surface area contributed by atoms with Crippen molar-refractivity contribution in [3.63, 3.8) is 0 Å². The second-order valence-electron chi connectivity index (χ2n) is 4.89. The zero-order valence-electron chi connectivity index (χ0n) is 10.6. The molecule has 18 heavy (non-hydrogen) atoms. The number of aryl methyl sites for hydroxylation is 1. The van der Waals surface area contributed by atoms with Crippen LogP contribution in [0, 0.1) is 12.3 Å². The molecule has 6 nitrogen and oxygen atoms in total. The number of aromatic nitrogens is 1. The van der Waals surface area contributed by atoms with Gasteiger partial charge in [-0.1, -0.05) is 25.2 Å². The maximum Gasteiger partial charge on any atom is 0.305 e. The van der Waals surface area contributed by atoms with Gasteiger partial charge < -0.3 is 10.1 Å². The Balaban J connectivity index is 2.84. The van der Waals surface area contributed by atoms with Crippen LogP contribution in [-0.2, 0) is 10.0 Å². The third-order valence-electron chi connectivity index (χ3n) is 2.55. The van der Waals surface area contributed by atoms with Crippen LogP contribution in [0.3, 0.4) is 0 Å². The smallest absolute Gasteiger partial charge is 0.305 e. The van der Waals surface area contributed by atoms with Gasteiger partial charge in [0.25, 0.3) is 10.0 Å². The van der Waals surface area contributed by atoms with E-state index in [1.54, 1.807) is 6.92 Å². The van der Waals surface area contributed by atoms with Crippen LogP contribution in [-0.4, -0.2) is 31.7 Å². The van der Waals surface area contributed by atoms with Crippen LogP contribution in [0.25, 0.3) is 0 Å². The Bertz CT molecular complexity index is 557. The molecule has 0 saturated heterocycles. The summed E-state index contributed by atoms with van der Waals surface area (Å²) in [5.41, 5.74) is 0.00856. The number of H-pyrrole nitrogens is 1. The topological polar surface area (TPSA) is 99.3 Å². The zero-order chi connectivity index (χ0) is 14.0. The second-order valence-corrected chi connectivity index (χ2v) is 7.83. The molecule has 1 rings (SSSR count). The third kappa shape index (κ3) is 3.91. The van der Waals surface area contributed by atoms with E-state index in [1.165, 1.54) is 0 Å². The molecule has 0 aliphatic rings. The van der Waals surface area contributed by atoms with Crippen LogP contribution in [0.4, 0.5) is 0 Å². The predicted molar refractivity (Wildman–Crippen MR) is 70.3 cm³/mol. The van der Waals surface area contributed by atoms with Crippen LogP contribution in [0.15, 0.2) is 9.00 Å². The number of rotatable bonds is 6. The summed E-state index contributed by atoms with van der Waals surface area (Å²) >= 11 is 0.674.